The molecule has 4 rings (SSSR count). The third-order valence-corrected chi connectivity index (χ3v) is 5.50. The molecule has 1 atom stereocenters. The number of rotatable bonds is 3. The first-order valence-corrected chi connectivity index (χ1v) is 9.73. The molecule has 0 spiro atoms. The molecule has 1 aliphatic carbocycles. The van der Waals surface area contributed by atoms with Crippen molar-refractivity contribution in [3.63, 3.8) is 0 Å². The zero-order valence-corrected chi connectivity index (χ0v) is 16.6. The number of aliphatic imine (C=N–C) groups is 1. The zero-order valence-electron chi connectivity index (χ0n) is 15.8. The Morgan fingerprint density at radius 3 is 2.83 bits per heavy atom. The van der Waals surface area contributed by atoms with Gasteiger partial charge in [0.25, 0.3) is 11.9 Å². The second-order valence-electron chi connectivity index (χ2n) is 7.24. The number of hydrogen-bond donors (Lipinski definition) is 2. The van der Waals surface area contributed by atoms with Crippen LogP contribution in [0, 0.1) is 5.82 Å². The van der Waals surface area contributed by atoms with E-state index in [1.54, 1.807) is 12.1 Å². The number of ether oxygens (including phenoxy) is 1. The number of aromatic nitrogens is 1. The maximum Gasteiger partial charge on any atom is 0.288 e. The Labute approximate surface area is 172 Å². The summed E-state index contributed by atoms with van der Waals surface area (Å²) in [5, 5.41) is 3.18. The normalized spacial score (nSPS) is 21.1. The van der Waals surface area contributed by atoms with Gasteiger partial charge in [-0.15, -0.1) is 0 Å². The molecule has 150 valence electrons. The number of anilines is 1. The van der Waals surface area contributed by atoms with E-state index in [2.05, 4.69) is 15.3 Å². The smallest absolute Gasteiger partial charge is 0.288 e. The average Bonchev–Trinajstić information content (AvgIpc) is 2.69. The number of amides is 1. The monoisotopic (exact) mass is 414 g/mol. The second-order valence-corrected chi connectivity index (χ2v) is 7.68. The summed E-state index contributed by atoms with van der Waals surface area (Å²) in [6, 6.07) is 7.52. The minimum absolute atomic E-state index is 0.0207. The van der Waals surface area contributed by atoms with Gasteiger partial charge in [-0.1, -0.05) is 11.6 Å². The molecule has 1 aliphatic heterocycles. The molecule has 1 aromatic heterocycles. The molecule has 1 amide bonds. The summed E-state index contributed by atoms with van der Waals surface area (Å²) in [5.74, 6) is -0.0756. The quantitative estimate of drug-likeness (QED) is 0.772. The van der Waals surface area contributed by atoms with Gasteiger partial charge in [-0.05, 0) is 56.5 Å². The number of carbonyl (C=O) groups is 1. The summed E-state index contributed by atoms with van der Waals surface area (Å²) in [4.78, 5) is 20.9. The number of amidine groups is 1. The lowest BCUT2D eigenvalue weighted by molar-refractivity contribution is 0.102. The van der Waals surface area contributed by atoms with Crippen molar-refractivity contribution in [1.82, 2.24) is 4.98 Å². The van der Waals surface area contributed by atoms with Crippen LogP contribution in [0.25, 0.3) is 0 Å². The van der Waals surface area contributed by atoms with Crippen LogP contribution >= 0.6 is 11.6 Å². The number of halogens is 2. The van der Waals surface area contributed by atoms with Crippen LogP contribution in [-0.4, -0.2) is 16.9 Å². The van der Waals surface area contributed by atoms with Gasteiger partial charge in [-0.3, -0.25) is 4.79 Å². The Morgan fingerprint density at radius 1 is 1.28 bits per heavy atom. The predicted octanol–water partition coefficient (Wildman–Crippen LogP) is 4.51. The third kappa shape index (κ3) is 3.70. The number of nitrogens with two attached hydrogens (primary N) is 1. The highest BCUT2D eigenvalue weighted by Crippen LogP contribution is 2.45. The molecule has 0 saturated carbocycles. The van der Waals surface area contributed by atoms with Gasteiger partial charge in [0.05, 0.1) is 5.02 Å². The van der Waals surface area contributed by atoms with Crippen LogP contribution in [0.3, 0.4) is 0 Å². The number of hydrogen-bond acceptors (Lipinski definition) is 5. The molecule has 0 unspecified atom stereocenters. The molecule has 3 N–H and O–H groups in total. The third-order valence-electron chi connectivity index (χ3n) is 5.28. The average molecular weight is 415 g/mol. The van der Waals surface area contributed by atoms with Crippen molar-refractivity contribution in [2.45, 2.75) is 38.1 Å². The SMILES string of the molecule is C[C@]1(c2cc(NC(=O)c3ccc(Cl)cn3)ccc2F)N=C(N)OC2=C1CCCC2. The first-order chi connectivity index (χ1) is 13.9. The molecule has 1 aromatic carbocycles. The summed E-state index contributed by atoms with van der Waals surface area (Å²) >= 11 is 5.81. The molecular weight excluding hydrogens is 395 g/mol. The highest BCUT2D eigenvalue weighted by atomic mass is 35.5. The fourth-order valence-electron chi connectivity index (χ4n) is 3.85. The maximum atomic E-state index is 14.9. The highest BCUT2D eigenvalue weighted by molar-refractivity contribution is 6.30. The van der Waals surface area contributed by atoms with Crippen LogP contribution in [0.5, 0.6) is 0 Å². The maximum absolute atomic E-state index is 14.9. The summed E-state index contributed by atoms with van der Waals surface area (Å²) < 4.78 is 20.5. The van der Waals surface area contributed by atoms with Crippen molar-refractivity contribution >= 4 is 29.2 Å². The van der Waals surface area contributed by atoms with E-state index in [1.165, 1.54) is 24.4 Å². The van der Waals surface area contributed by atoms with E-state index in [-0.39, 0.29) is 11.7 Å². The number of nitrogens with one attached hydrogen (secondary N) is 1. The number of nitrogens with zero attached hydrogens (tertiary/aromatic N) is 2. The van der Waals surface area contributed by atoms with Crippen molar-refractivity contribution in [1.29, 1.82) is 0 Å². The molecule has 29 heavy (non-hydrogen) atoms. The van der Waals surface area contributed by atoms with Crippen LogP contribution in [0.15, 0.2) is 52.9 Å². The van der Waals surface area contributed by atoms with Gasteiger partial charge in [0.2, 0.25) is 0 Å². The van der Waals surface area contributed by atoms with Crippen molar-refractivity contribution < 1.29 is 13.9 Å². The van der Waals surface area contributed by atoms with Crippen LogP contribution < -0.4 is 11.1 Å². The van der Waals surface area contributed by atoms with Gasteiger partial charge in [0.1, 0.15) is 22.8 Å². The number of allylic oxidation sites excluding steroid dienone is 1. The van der Waals surface area contributed by atoms with Crippen molar-refractivity contribution in [2.24, 2.45) is 10.7 Å². The summed E-state index contributed by atoms with van der Waals surface area (Å²) in [6.07, 6.45) is 4.88. The van der Waals surface area contributed by atoms with Crippen LogP contribution in [0.2, 0.25) is 5.02 Å². The van der Waals surface area contributed by atoms with Crippen LogP contribution in [-0.2, 0) is 10.3 Å². The molecule has 8 heteroatoms. The highest BCUT2D eigenvalue weighted by Gasteiger charge is 2.40. The van der Waals surface area contributed by atoms with E-state index in [1.807, 2.05) is 6.92 Å². The molecule has 2 aliphatic rings. The molecule has 0 radical (unpaired) electrons. The van der Waals surface area contributed by atoms with Gasteiger partial charge < -0.3 is 15.8 Å². The topological polar surface area (TPSA) is 89.6 Å². The first-order valence-electron chi connectivity index (χ1n) is 9.35. The summed E-state index contributed by atoms with van der Waals surface area (Å²) in [6.45, 7) is 1.83. The zero-order chi connectivity index (χ0) is 20.6. The van der Waals surface area contributed by atoms with E-state index in [9.17, 15) is 9.18 Å². The van der Waals surface area contributed by atoms with Gasteiger partial charge in [-0.25, -0.2) is 14.4 Å². The minimum Gasteiger partial charge on any atom is -0.431 e. The molecule has 0 bridgehead atoms. The van der Waals surface area contributed by atoms with Crippen LogP contribution in [0.1, 0.15) is 48.7 Å². The molecule has 6 nitrogen and oxygen atoms in total. The van der Waals surface area contributed by atoms with E-state index >= 15 is 0 Å². The van der Waals surface area contributed by atoms with E-state index in [0.29, 0.717) is 16.3 Å². The summed E-state index contributed by atoms with van der Waals surface area (Å²) in [5.41, 5.74) is 6.81. The van der Waals surface area contributed by atoms with Crippen LogP contribution in [0.4, 0.5) is 10.1 Å². The largest absolute Gasteiger partial charge is 0.431 e. The number of carbonyl (C=O) groups excluding carboxylic acids is 1. The van der Waals surface area contributed by atoms with E-state index < -0.39 is 17.3 Å². The molecule has 2 heterocycles. The van der Waals surface area contributed by atoms with Gasteiger partial charge in [0, 0.05) is 29.4 Å². The first kappa shape index (κ1) is 19.4. The lowest BCUT2D eigenvalue weighted by atomic mass is 9.78. The molecule has 2 aromatic rings. The second kappa shape index (κ2) is 7.48. The van der Waals surface area contributed by atoms with E-state index in [0.717, 1.165) is 37.0 Å². The Kier molecular flexibility index (Phi) is 5.00. The molecule has 0 saturated heterocycles. The lowest BCUT2D eigenvalue weighted by Crippen LogP contribution is -2.36. The minimum atomic E-state index is -0.985. The Hall–Kier alpha value is -2.93. The standard InChI is InChI=1S/C21H20ClFN4O2/c1-21(14-4-2-3-5-18(14)29-20(24)27-21)15-10-13(7-8-16(15)23)26-19(28)17-9-6-12(22)11-25-17/h6-11H,2-5H2,1H3,(H2,24,27)(H,26,28)/t21-/m0/s1. The predicted molar refractivity (Wildman–Crippen MR) is 109 cm³/mol. The van der Waals surface area contributed by atoms with Crippen molar-refractivity contribution in [3.05, 3.63) is 70.0 Å². The Morgan fingerprint density at radius 2 is 2.07 bits per heavy atom. The Balaban J connectivity index is 1.69. The molecular formula is C21H20ClFN4O2. The summed E-state index contributed by atoms with van der Waals surface area (Å²) in [7, 11) is 0. The van der Waals surface area contributed by atoms with Gasteiger partial charge in [0.15, 0.2) is 0 Å². The number of benzene rings is 1. The number of pyridine rings is 1. The van der Waals surface area contributed by atoms with Crippen molar-refractivity contribution in [2.75, 3.05) is 5.32 Å². The van der Waals surface area contributed by atoms with Crippen molar-refractivity contribution in [3.8, 4) is 0 Å². The van der Waals surface area contributed by atoms with E-state index in [4.69, 9.17) is 22.1 Å². The fourth-order valence-corrected chi connectivity index (χ4v) is 3.96. The lowest BCUT2D eigenvalue weighted by Gasteiger charge is -2.37. The van der Waals surface area contributed by atoms with Gasteiger partial charge in [-0.2, -0.15) is 0 Å². The fraction of sp³-hybridized carbons (Fsp3) is 0.286. The van der Waals surface area contributed by atoms with Gasteiger partial charge >= 0.3 is 0 Å². The molecule has 0 fully saturated rings. The Bertz CT molecular complexity index is 1040.